The van der Waals surface area contributed by atoms with Crippen LogP contribution in [-0.2, 0) is 4.79 Å². The summed E-state index contributed by atoms with van der Waals surface area (Å²) in [6.07, 6.45) is 1.32. The zero-order valence-corrected chi connectivity index (χ0v) is 22.1. The molecule has 0 heterocycles. The Labute approximate surface area is 233 Å². The van der Waals surface area contributed by atoms with Crippen LogP contribution in [0.3, 0.4) is 0 Å². The third-order valence-corrected chi connectivity index (χ3v) is 6.22. The van der Waals surface area contributed by atoms with Gasteiger partial charge in [0.25, 0.3) is 5.70 Å². The van der Waals surface area contributed by atoms with Gasteiger partial charge in [0.1, 0.15) is 0 Å². The van der Waals surface area contributed by atoms with Crippen molar-refractivity contribution in [1.82, 2.24) is 0 Å². The quantitative estimate of drug-likeness (QED) is 0.144. The van der Waals surface area contributed by atoms with Gasteiger partial charge in [0, 0.05) is 54.6 Å². The third-order valence-electron chi connectivity index (χ3n) is 6.22. The summed E-state index contributed by atoms with van der Waals surface area (Å²) >= 11 is 0. The number of aliphatic carboxylic acids is 1. The highest BCUT2D eigenvalue weighted by Gasteiger charge is 2.15. The van der Waals surface area contributed by atoms with Gasteiger partial charge >= 0.3 is 5.97 Å². The normalized spacial score (nSPS) is 11.1. The average Bonchev–Trinajstić information content (AvgIpc) is 2.97. The molecular formula is C30H34N4O6. The van der Waals surface area contributed by atoms with E-state index in [-0.39, 0.29) is 32.1 Å². The van der Waals surface area contributed by atoms with Gasteiger partial charge in [-0.05, 0) is 72.3 Å². The monoisotopic (exact) mass is 546 g/mol. The minimum absolute atomic E-state index is 0.0400. The van der Waals surface area contributed by atoms with Gasteiger partial charge in [0.2, 0.25) is 0 Å². The molecule has 10 heteroatoms. The number of hydrogen-bond donors (Lipinski definition) is 5. The smallest absolute Gasteiger partial charge is 0.333 e. The molecule has 0 fully saturated rings. The van der Waals surface area contributed by atoms with Crippen LogP contribution in [0.5, 0.6) is 0 Å². The number of aliphatic hydroxyl groups is 4. The summed E-state index contributed by atoms with van der Waals surface area (Å²) in [5.74, 6) is -1.28. The van der Waals surface area contributed by atoms with Crippen LogP contribution < -0.4 is 14.7 Å². The number of benzene rings is 3. The molecule has 40 heavy (non-hydrogen) atoms. The SMILES string of the molecule is [C-]#[N+]C(=Cc1ccc(N(c2ccc(N(CCO)CCO)cc2)c2ccc(N(CCO)CCO)cc2)cc1)C(=O)O. The summed E-state index contributed by atoms with van der Waals surface area (Å²) in [7, 11) is 0. The summed E-state index contributed by atoms with van der Waals surface area (Å²) in [4.78, 5) is 20.1. The van der Waals surface area contributed by atoms with Crippen LogP contribution in [0.4, 0.5) is 28.4 Å². The van der Waals surface area contributed by atoms with Crippen molar-refractivity contribution in [2.75, 3.05) is 67.3 Å². The van der Waals surface area contributed by atoms with E-state index in [4.69, 9.17) is 6.57 Å². The number of carboxylic acid groups (broad SMARTS) is 1. The van der Waals surface area contributed by atoms with Crippen molar-refractivity contribution >= 4 is 40.5 Å². The van der Waals surface area contributed by atoms with Crippen LogP contribution in [0.25, 0.3) is 10.9 Å². The van der Waals surface area contributed by atoms with Crippen LogP contribution in [0, 0.1) is 6.57 Å². The first-order valence-corrected chi connectivity index (χ1v) is 12.8. The summed E-state index contributed by atoms with van der Waals surface area (Å²) in [5.41, 5.74) is 4.38. The second-order valence-electron chi connectivity index (χ2n) is 8.77. The van der Waals surface area contributed by atoms with Gasteiger partial charge < -0.3 is 40.2 Å². The maximum Gasteiger partial charge on any atom is 0.333 e. The molecular weight excluding hydrogens is 512 g/mol. The zero-order chi connectivity index (χ0) is 28.9. The fourth-order valence-corrected chi connectivity index (χ4v) is 4.31. The fraction of sp³-hybridized carbons (Fsp3) is 0.267. The van der Waals surface area contributed by atoms with Crippen molar-refractivity contribution in [1.29, 1.82) is 0 Å². The van der Waals surface area contributed by atoms with Crippen molar-refractivity contribution < 1.29 is 30.3 Å². The number of carbonyl (C=O) groups is 1. The number of carboxylic acids is 1. The highest BCUT2D eigenvalue weighted by molar-refractivity contribution is 5.94. The summed E-state index contributed by atoms with van der Waals surface area (Å²) in [6, 6.07) is 22.6. The molecule has 0 atom stereocenters. The van der Waals surface area contributed by atoms with E-state index in [0.29, 0.717) is 31.7 Å². The summed E-state index contributed by atoms with van der Waals surface area (Å²) < 4.78 is 0. The van der Waals surface area contributed by atoms with E-state index in [2.05, 4.69) is 4.85 Å². The summed E-state index contributed by atoms with van der Waals surface area (Å²) in [5, 5.41) is 46.8. The average molecular weight is 547 g/mol. The first-order valence-electron chi connectivity index (χ1n) is 12.8. The number of anilines is 5. The number of rotatable bonds is 15. The Bertz CT molecular complexity index is 1220. The topological polar surface area (TPSA) is 132 Å². The van der Waals surface area contributed by atoms with Crippen molar-refractivity contribution in [2.24, 2.45) is 0 Å². The predicted molar refractivity (Wildman–Crippen MR) is 156 cm³/mol. The van der Waals surface area contributed by atoms with Crippen molar-refractivity contribution in [2.45, 2.75) is 0 Å². The van der Waals surface area contributed by atoms with Crippen LogP contribution in [0.2, 0.25) is 0 Å². The zero-order valence-electron chi connectivity index (χ0n) is 22.1. The molecule has 3 aromatic carbocycles. The van der Waals surface area contributed by atoms with Gasteiger partial charge in [0.15, 0.2) is 0 Å². The summed E-state index contributed by atoms with van der Waals surface area (Å²) in [6.45, 7) is 8.48. The lowest BCUT2D eigenvalue weighted by Crippen LogP contribution is -2.29. The Morgan fingerprint density at radius 3 is 1.25 bits per heavy atom. The van der Waals surface area contributed by atoms with Crippen molar-refractivity contribution in [3.8, 4) is 0 Å². The van der Waals surface area contributed by atoms with E-state index in [1.54, 1.807) is 12.1 Å². The molecule has 0 saturated heterocycles. The van der Waals surface area contributed by atoms with Gasteiger partial charge in [-0.3, -0.25) is 4.79 Å². The number of aliphatic hydroxyl groups excluding tert-OH is 4. The molecule has 0 aliphatic carbocycles. The van der Waals surface area contributed by atoms with Crippen LogP contribution in [-0.4, -0.2) is 84.1 Å². The molecule has 210 valence electrons. The van der Waals surface area contributed by atoms with Gasteiger partial charge in [-0.25, -0.2) is 4.85 Å². The van der Waals surface area contributed by atoms with Crippen molar-refractivity contribution in [3.05, 3.63) is 95.5 Å². The molecule has 3 aromatic rings. The molecule has 10 nitrogen and oxygen atoms in total. The molecule has 0 aliphatic rings. The van der Waals surface area contributed by atoms with Crippen molar-refractivity contribution in [3.63, 3.8) is 0 Å². The molecule has 0 saturated carbocycles. The minimum Gasteiger partial charge on any atom is -0.486 e. The van der Waals surface area contributed by atoms with E-state index in [1.807, 2.05) is 75.4 Å². The Balaban J connectivity index is 2.02. The standard InChI is InChI=1S/C30H34N4O6/c1-31-29(30(39)40)22-23-2-4-26(5-3-23)34(27-10-6-24(7-11-27)32(14-18-35)15-19-36)28-12-8-25(9-13-28)33(16-20-37)17-21-38/h2-13,22,35-38H,14-21H2,(H,39,40). The van der Waals surface area contributed by atoms with Crippen LogP contribution >= 0.6 is 0 Å². The number of nitrogens with zero attached hydrogens (tertiary/aromatic N) is 4. The van der Waals surface area contributed by atoms with E-state index < -0.39 is 5.97 Å². The molecule has 3 rings (SSSR count). The van der Waals surface area contributed by atoms with E-state index >= 15 is 0 Å². The Morgan fingerprint density at radius 2 is 0.950 bits per heavy atom. The Kier molecular flexibility index (Phi) is 11.5. The van der Waals surface area contributed by atoms with Crippen LogP contribution in [0.15, 0.2) is 78.5 Å². The molecule has 0 spiro atoms. The van der Waals surface area contributed by atoms with Gasteiger partial charge in [-0.1, -0.05) is 12.1 Å². The van der Waals surface area contributed by atoms with Gasteiger partial charge in [-0.2, -0.15) is 0 Å². The highest BCUT2D eigenvalue weighted by Crippen LogP contribution is 2.36. The molecule has 0 radical (unpaired) electrons. The first kappa shape index (κ1) is 30.1. The van der Waals surface area contributed by atoms with Crippen LogP contribution in [0.1, 0.15) is 5.56 Å². The van der Waals surface area contributed by atoms with Gasteiger partial charge in [0.05, 0.1) is 33.0 Å². The Hall–Kier alpha value is -4.40. The second-order valence-corrected chi connectivity index (χ2v) is 8.77. The lowest BCUT2D eigenvalue weighted by molar-refractivity contribution is -0.132. The lowest BCUT2D eigenvalue weighted by Gasteiger charge is -2.28. The largest absolute Gasteiger partial charge is 0.486 e. The lowest BCUT2D eigenvalue weighted by atomic mass is 10.1. The van der Waals surface area contributed by atoms with E-state index in [9.17, 15) is 30.3 Å². The van der Waals surface area contributed by atoms with E-state index in [1.165, 1.54) is 6.08 Å². The fourth-order valence-electron chi connectivity index (χ4n) is 4.31. The number of hydrogen-bond acceptors (Lipinski definition) is 8. The first-order chi connectivity index (χ1) is 19.4. The predicted octanol–water partition coefficient (Wildman–Crippen LogP) is 3.08. The van der Waals surface area contributed by atoms with E-state index in [0.717, 1.165) is 28.4 Å². The molecule has 0 unspecified atom stereocenters. The molecule has 0 aliphatic heterocycles. The second kappa shape index (κ2) is 15.3. The molecule has 0 amide bonds. The maximum atomic E-state index is 11.2. The molecule has 5 N–H and O–H groups in total. The van der Waals surface area contributed by atoms with Gasteiger partial charge in [-0.15, -0.1) is 0 Å². The highest BCUT2D eigenvalue weighted by atomic mass is 16.4. The molecule has 0 bridgehead atoms. The molecule has 0 aromatic heterocycles. The Morgan fingerprint density at radius 1 is 0.625 bits per heavy atom. The third kappa shape index (κ3) is 7.81. The minimum atomic E-state index is -1.28. The maximum absolute atomic E-state index is 11.2.